The molecule has 1 heteroatoms. The van der Waals surface area contributed by atoms with Crippen molar-refractivity contribution in [3.05, 3.63) is 0 Å². The Balaban J connectivity index is 2.55. The molecule has 0 bridgehead atoms. The molecule has 14 heavy (non-hydrogen) atoms. The molecule has 0 aromatic carbocycles. The molecule has 0 aromatic heterocycles. The summed E-state index contributed by atoms with van der Waals surface area (Å²) in [4.78, 5) is 0. The molecule has 0 heterocycles. The molecule has 84 valence electrons. The third-order valence-corrected chi connectivity index (χ3v) is 5.50. The molecule has 1 unspecified atom stereocenters. The molecule has 1 aliphatic rings. The maximum Gasteiger partial charge on any atom is 0.0266 e. The van der Waals surface area contributed by atoms with E-state index in [2.05, 4.69) is 53.8 Å². The van der Waals surface area contributed by atoms with Crippen LogP contribution in [0.3, 0.4) is 0 Å². The lowest BCUT2D eigenvalue weighted by Gasteiger charge is -2.20. The first kappa shape index (κ1) is 12.0. The van der Waals surface area contributed by atoms with Crippen LogP contribution < -0.4 is 5.32 Å². The van der Waals surface area contributed by atoms with Crippen LogP contribution in [0.25, 0.3) is 0 Å². The third-order valence-electron chi connectivity index (χ3n) is 5.50. The van der Waals surface area contributed by atoms with E-state index in [0.717, 1.165) is 12.5 Å². The highest BCUT2D eigenvalue weighted by molar-refractivity contribution is 5.27. The van der Waals surface area contributed by atoms with Gasteiger partial charge in [0.25, 0.3) is 0 Å². The molecular formula is C13H27N. The first-order chi connectivity index (χ1) is 6.20. The van der Waals surface area contributed by atoms with Gasteiger partial charge in [0.15, 0.2) is 0 Å². The molecule has 1 saturated carbocycles. The second-order valence-corrected chi connectivity index (χ2v) is 6.27. The minimum atomic E-state index is 0.323. The van der Waals surface area contributed by atoms with Crippen molar-refractivity contribution in [3.63, 3.8) is 0 Å². The Morgan fingerprint density at radius 3 is 1.71 bits per heavy atom. The van der Waals surface area contributed by atoms with E-state index in [9.17, 15) is 0 Å². The van der Waals surface area contributed by atoms with Crippen LogP contribution in [-0.2, 0) is 0 Å². The lowest BCUT2D eigenvalue weighted by atomic mass is 10.0. The molecule has 0 spiro atoms. The first-order valence-electron chi connectivity index (χ1n) is 5.95. The van der Waals surface area contributed by atoms with E-state index in [1.807, 2.05) is 0 Å². The van der Waals surface area contributed by atoms with E-state index in [4.69, 9.17) is 0 Å². The van der Waals surface area contributed by atoms with Gasteiger partial charge in [0, 0.05) is 5.54 Å². The van der Waals surface area contributed by atoms with Crippen LogP contribution in [0.15, 0.2) is 0 Å². The van der Waals surface area contributed by atoms with Gasteiger partial charge >= 0.3 is 0 Å². The van der Waals surface area contributed by atoms with Crippen LogP contribution >= 0.6 is 0 Å². The Bertz CT molecular complexity index is 201. The lowest BCUT2D eigenvalue weighted by Crippen LogP contribution is -2.37. The second-order valence-electron chi connectivity index (χ2n) is 6.27. The van der Waals surface area contributed by atoms with Crippen molar-refractivity contribution in [1.82, 2.24) is 5.32 Å². The number of rotatable bonds is 4. The van der Waals surface area contributed by atoms with Crippen LogP contribution in [0.4, 0.5) is 0 Å². The molecule has 0 amide bonds. The molecule has 1 rings (SSSR count). The zero-order valence-corrected chi connectivity index (χ0v) is 11.0. The SMILES string of the molecule is CCC(C)CNC1(C)C(C)(C)C1(C)C. The number of nitrogens with one attached hydrogen (secondary N) is 1. The molecule has 1 fully saturated rings. The van der Waals surface area contributed by atoms with Gasteiger partial charge < -0.3 is 5.32 Å². The van der Waals surface area contributed by atoms with E-state index in [1.54, 1.807) is 0 Å². The van der Waals surface area contributed by atoms with E-state index in [-0.39, 0.29) is 0 Å². The summed E-state index contributed by atoms with van der Waals surface area (Å²) < 4.78 is 0. The predicted octanol–water partition coefficient (Wildman–Crippen LogP) is 3.45. The fourth-order valence-electron chi connectivity index (χ4n) is 2.56. The van der Waals surface area contributed by atoms with Crippen molar-refractivity contribution in [2.45, 2.75) is 60.4 Å². The van der Waals surface area contributed by atoms with Gasteiger partial charge in [-0.15, -0.1) is 0 Å². The van der Waals surface area contributed by atoms with Gasteiger partial charge in [0.2, 0.25) is 0 Å². The average Bonchev–Trinajstić information content (AvgIpc) is 2.40. The molecular weight excluding hydrogens is 170 g/mol. The monoisotopic (exact) mass is 197 g/mol. The highest BCUT2D eigenvalue weighted by atomic mass is 15.1. The minimum absolute atomic E-state index is 0.323. The maximum absolute atomic E-state index is 3.76. The van der Waals surface area contributed by atoms with Gasteiger partial charge in [-0.1, -0.05) is 48.0 Å². The van der Waals surface area contributed by atoms with Crippen molar-refractivity contribution in [1.29, 1.82) is 0 Å². The van der Waals surface area contributed by atoms with Crippen molar-refractivity contribution in [2.24, 2.45) is 16.7 Å². The molecule has 1 aliphatic carbocycles. The van der Waals surface area contributed by atoms with Crippen LogP contribution in [0.2, 0.25) is 0 Å². The van der Waals surface area contributed by atoms with Crippen LogP contribution in [-0.4, -0.2) is 12.1 Å². The maximum atomic E-state index is 3.76. The number of hydrogen-bond acceptors (Lipinski definition) is 1. The van der Waals surface area contributed by atoms with E-state index in [1.165, 1.54) is 6.42 Å². The largest absolute Gasteiger partial charge is 0.310 e. The molecule has 1 nitrogen and oxygen atoms in total. The average molecular weight is 197 g/mol. The van der Waals surface area contributed by atoms with Crippen LogP contribution in [0.1, 0.15) is 54.9 Å². The highest BCUT2D eigenvalue weighted by Crippen LogP contribution is 2.70. The minimum Gasteiger partial charge on any atom is -0.310 e. The summed E-state index contributed by atoms with van der Waals surface area (Å²) in [5.41, 5.74) is 1.17. The van der Waals surface area contributed by atoms with Gasteiger partial charge in [0.1, 0.15) is 0 Å². The standard InChI is InChI=1S/C13H27N/c1-8-10(2)9-14-13(7)11(3,4)12(13,5)6/h10,14H,8-9H2,1-7H3. The lowest BCUT2D eigenvalue weighted by molar-refractivity contribution is 0.377. The van der Waals surface area contributed by atoms with Crippen molar-refractivity contribution < 1.29 is 0 Å². The first-order valence-corrected chi connectivity index (χ1v) is 5.95. The summed E-state index contributed by atoms with van der Waals surface area (Å²) in [7, 11) is 0. The third kappa shape index (κ3) is 1.32. The highest BCUT2D eigenvalue weighted by Gasteiger charge is 2.73. The van der Waals surface area contributed by atoms with Gasteiger partial charge in [-0.2, -0.15) is 0 Å². The van der Waals surface area contributed by atoms with Crippen LogP contribution in [0.5, 0.6) is 0 Å². The fraction of sp³-hybridized carbons (Fsp3) is 1.00. The summed E-state index contributed by atoms with van der Waals surface area (Å²) in [6.45, 7) is 17.6. The Hall–Kier alpha value is -0.0400. The van der Waals surface area contributed by atoms with E-state index < -0.39 is 0 Å². The smallest absolute Gasteiger partial charge is 0.0266 e. The summed E-state index contributed by atoms with van der Waals surface area (Å²) in [5.74, 6) is 0.791. The van der Waals surface area contributed by atoms with Crippen molar-refractivity contribution in [2.75, 3.05) is 6.54 Å². The summed E-state index contributed by atoms with van der Waals surface area (Å²) in [6, 6.07) is 0. The summed E-state index contributed by atoms with van der Waals surface area (Å²) in [6.07, 6.45) is 1.27. The predicted molar refractivity (Wildman–Crippen MR) is 63.4 cm³/mol. The van der Waals surface area contributed by atoms with Gasteiger partial charge in [-0.25, -0.2) is 0 Å². The summed E-state index contributed by atoms with van der Waals surface area (Å²) >= 11 is 0. The van der Waals surface area contributed by atoms with Gasteiger partial charge in [-0.3, -0.25) is 0 Å². The molecule has 0 aliphatic heterocycles. The Morgan fingerprint density at radius 2 is 1.43 bits per heavy atom. The van der Waals surface area contributed by atoms with Crippen molar-refractivity contribution in [3.8, 4) is 0 Å². The Kier molecular flexibility index (Phi) is 2.78. The second kappa shape index (κ2) is 3.23. The van der Waals surface area contributed by atoms with Crippen molar-refractivity contribution >= 4 is 0 Å². The zero-order chi connectivity index (χ0) is 11.2. The molecule has 0 radical (unpaired) electrons. The van der Waals surface area contributed by atoms with Gasteiger partial charge in [-0.05, 0) is 30.2 Å². The normalized spacial score (nSPS) is 28.5. The Labute approximate surface area is 89.7 Å². The van der Waals surface area contributed by atoms with E-state index >= 15 is 0 Å². The molecule has 1 atom stereocenters. The fourth-order valence-corrected chi connectivity index (χ4v) is 2.56. The Morgan fingerprint density at radius 1 is 1.00 bits per heavy atom. The summed E-state index contributed by atoms with van der Waals surface area (Å²) in [5, 5.41) is 3.76. The molecule has 1 N–H and O–H groups in total. The molecule has 0 aromatic rings. The molecule has 0 saturated heterocycles. The van der Waals surface area contributed by atoms with Crippen LogP contribution in [0, 0.1) is 16.7 Å². The topological polar surface area (TPSA) is 12.0 Å². The quantitative estimate of drug-likeness (QED) is 0.728. The van der Waals surface area contributed by atoms with Gasteiger partial charge in [0.05, 0.1) is 0 Å². The van der Waals surface area contributed by atoms with E-state index in [0.29, 0.717) is 16.4 Å². The zero-order valence-electron chi connectivity index (χ0n) is 11.0. The number of hydrogen-bond donors (Lipinski definition) is 1.